The van der Waals surface area contributed by atoms with E-state index in [2.05, 4.69) is 31.2 Å². The molecule has 2 aromatic carbocycles. The monoisotopic (exact) mass is 239 g/mol. The van der Waals surface area contributed by atoms with Gasteiger partial charge in [0.05, 0.1) is 0 Å². The summed E-state index contributed by atoms with van der Waals surface area (Å²) in [6.07, 6.45) is 0.901. The minimum absolute atomic E-state index is 0.0551. The molecule has 0 spiro atoms. The van der Waals surface area contributed by atoms with E-state index in [1.165, 1.54) is 11.1 Å². The van der Waals surface area contributed by atoms with Crippen molar-refractivity contribution in [1.29, 1.82) is 0 Å². The first-order chi connectivity index (χ1) is 8.75. The molecule has 0 saturated carbocycles. The third-order valence-corrected chi connectivity index (χ3v) is 3.59. The lowest BCUT2D eigenvalue weighted by atomic mass is 9.92. The Hall–Kier alpha value is -1.80. The molecule has 0 saturated heterocycles. The van der Waals surface area contributed by atoms with Crippen molar-refractivity contribution in [2.45, 2.75) is 25.5 Å². The normalized spacial score (nSPS) is 22.1. The van der Waals surface area contributed by atoms with Gasteiger partial charge in [0.15, 0.2) is 0 Å². The van der Waals surface area contributed by atoms with Crippen LogP contribution in [0.5, 0.6) is 5.75 Å². The number of rotatable bonds is 1. The molecule has 1 aliphatic rings. The summed E-state index contributed by atoms with van der Waals surface area (Å²) in [5, 5.41) is 0. The molecule has 0 aromatic heterocycles. The predicted octanol–water partition coefficient (Wildman–Crippen LogP) is 3.52. The first-order valence-corrected chi connectivity index (χ1v) is 6.32. The lowest BCUT2D eigenvalue weighted by molar-refractivity contribution is 0.161. The van der Waals surface area contributed by atoms with E-state index in [1.54, 1.807) is 0 Å². The van der Waals surface area contributed by atoms with Gasteiger partial charge in [-0.05, 0) is 24.1 Å². The molecule has 2 heteroatoms. The fourth-order valence-electron chi connectivity index (χ4n) is 2.59. The van der Waals surface area contributed by atoms with E-state index < -0.39 is 0 Å². The second-order valence-corrected chi connectivity index (χ2v) is 4.84. The minimum Gasteiger partial charge on any atom is -0.485 e. The van der Waals surface area contributed by atoms with Gasteiger partial charge in [-0.3, -0.25) is 0 Å². The van der Waals surface area contributed by atoms with Gasteiger partial charge in [-0.25, -0.2) is 0 Å². The molecule has 18 heavy (non-hydrogen) atoms. The molecule has 1 heterocycles. The van der Waals surface area contributed by atoms with E-state index in [-0.39, 0.29) is 12.1 Å². The third kappa shape index (κ3) is 1.89. The second-order valence-electron chi connectivity index (χ2n) is 4.84. The number of ether oxygens (including phenoxy) is 1. The van der Waals surface area contributed by atoms with Crippen molar-refractivity contribution in [3.63, 3.8) is 0 Å². The number of hydrogen-bond donors (Lipinski definition) is 1. The number of hydrogen-bond acceptors (Lipinski definition) is 2. The number of nitrogens with two attached hydrogens (primary N) is 1. The SMILES string of the molecule is Cc1ccccc1C1C[C@@H](N)c2ccccc2O1. The number of fused-ring (bicyclic) bond motifs is 1. The molecule has 0 amide bonds. The molecule has 92 valence electrons. The molecule has 0 fully saturated rings. The van der Waals surface area contributed by atoms with E-state index in [0.29, 0.717) is 0 Å². The molecule has 2 atom stereocenters. The van der Waals surface area contributed by atoms with Crippen molar-refractivity contribution in [3.8, 4) is 5.75 Å². The summed E-state index contributed by atoms with van der Waals surface area (Å²) < 4.78 is 6.09. The van der Waals surface area contributed by atoms with Gasteiger partial charge in [-0.2, -0.15) is 0 Å². The highest BCUT2D eigenvalue weighted by atomic mass is 16.5. The van der Waals surface area contributed by atoms with Crippen LogP contribution in [-0.2, 0) is 0 Å². The Labute approximate surface area is 107 Å². The van der Waals surface area contributed by atoms with E-state index in [0.717, 1.165) is 17.7 Å². The Morgan fingerprint density at radius 3 is 2.44 bits per heavy atom. The topological polar surface area (TPSA) is 35.2 Å². The fraction of sp³-hybridized carbons (Fsp3) is 0.250. The van der Waals surface area contributed by atoms with Crippen LogP contribution >= 0.6 is 0 Å². The number of benzene rings is 2. The van der Waals surface area contributed by atoms with Crippen molar-refractivity contribution in [3.05, 3.63) is 65.2 Å². The van der Waals surface area contributed by atoms with Crippen LogP contribution in [0, 0.1) is 6.92 Å². The maximum atomic E-state index is 6.24. The first-order valence-electron chi connectivity index (χ1n) is 6.32. The molecule has 1 aliphatic heterocycles. The van der Waals surface area contributed by atoms with Gasteiger partial charge in [-0.1, -0.05) is 42.5 Å². The number of para-hydroxylation sites is 1. The average Bonchev–Trinajstić information content (AvgIpc) is 2.39. The average molecular weight is 239 g/mol. The van der Waals surface area contributed by atoms with Crippen LogP contribution in [0.15, 0.2) is 48.5 Å². The van der Waals surface area contributed by atoms with E-state index in [1.807, 2.05) is 24.3 Å². The summed E-state index contributed by atoms with van der Waals surface area (Å²) in [5.74, 6) is 0.921. The summed E-state index contributed by atoms with van der Waals surface area (Å²) in [4.78, 5) is 0. The molecule has 2 aromatic rings. The molecule has 1 unspecified atom stereocenters. The summed E-state index contributed by atoms with van der Waals surface area (Å²) in [5.41, 5.74) is 9.85. The van der Waals surface area contributed by atoms with Crippen molar-refractivity contribution < 1.29 is 4.74 Å². The van der Waals surface area contributed by atoms with Gasteiger partial charge in [-0.15, -0.1) is 0 Å². The quantitative estimate of drug-likeness (QED) is 0.826. The van der Waals surface area contributed by atoms with Gasteiger partial charge in [0.2, 0.25) is 0 Å². The highest BCUT2D eigenvalue weighted by Crippen LogP contribution is 2.39. The molecule has 2 nitrogen and oxygen atoms in total. The molecule has 0 aliphatic carbocycles. The molecule has 0 radical (unpaired) electrons. The Balaban J connectivity index is 1.97. The van der Waals surface area contributed by atoms with Gasteiger partial charge < -0.3 is 10.5 Å². The third-order valence-electron chi connectivity index (χ3n) is 3.59. The minimum atomic E-state index is 0.0551. The zero-order chi connectivity index (χ0) is 12.5. The summed E-state index contributed by atoms with van der Waals surface area (Å²) >= 11 is 0. The largest absolute Gasteiger partial charge is 0.485 e. The maximum absolute atomic E-state index is 6.24. The van der Waals surface area contributed by atoms with Crippen molar-refractivity contribution >= 4 is 0 Å². The van der Waals surface area contributed by atoms with Crippen LogP contribution in [-0.4, -0.2) is 0 Å². The Bertz CT molecular complexity index is 565. The van der Waals surface area contributed by atoms with Gasteiger partial charge in [0.25, 0.3) is 0 Å². The highest BCUT2D eigenvalue weighted by Gasteiger charge is 2.27. The smallest absolute Gasteiger partial charge is 0.126 e. The standard InChI is InChI=1S/C16H17NO/c1-11-6-2-3-7-12(11)16-10-14(17)13-8-4-5-9-15(13)18-16/h2-9,14,16H,10,17H2,1H3/t14-,16?/m1/s1. The Morgan fingerprint density at radius 1 is 1.00 bits per heavy atom. The predicted molar refractivity (Wildman–Crippen MR) is 72.5 cm³/mol. The number of aryl methyl sites for hydroxylation is 1. The second kappa shape index (κ2) is 4.46. The zero-order valence-electron chi connectivity index (χ0n) is 10.5. The van der Waals surface area contributed by atoms with Crippen molar-refractivity contribution in [1.82, 2.24) is 0 Å². The highest BCUT2D eigenvalue weighted by molar-refractivity contribution is 5.40. The zero-order valence-corrected chi connectivity index (χ0v) is 10.5. The van der Waals surface area contributed by atoms with E-state index in [9.17, 15) is 0 Å². The van der Waals surface area contributed by atoms with Crippen molar-refractivity contribution in [2.24, 2.45) is 5.73 Å². The van der Waals surface area contributed by atoms with Crippen LogP contribution in [0.1, 0.15) is 35.3 Å². The van der Waals surface area contributed by atoms with Gasteiger partial charge >= 0.3 is 0 Å². The molecular formula is C16H17NO. The van der Waals surface area contributed by atoms with Crippen LogP contribution in [0.25, 0.3) is 0 Å². The fourth-order valence-corrected chi connectivity index (χ4v) is 2.59. The Kier molecular flexibility index (Phi) is 2.80. The van der Waals surface area contributed by atoms with Crippen LogP contribution in [0.2, 0.25) is 0 Å². The maximum Gasteiger partial charge on any atom is 0.126 e. The summed E-state index contributed by atoms with van der Waals surface area (Å²) in [6, 6.07) is 16.5. The van der Waals surface area contributed by atoms with Crippen LogP contribution < -0.4 is 10.5 Å². The van der Waals surface area contributed by atoms with Crippen LogP contribution in [0.3, 0.4) is 0 Å². The summed E-state index contributed by atoms with van der Waals surface area (Å²) in [6.45, 7) is 2.12. The van der Waals surface area contributed by atoms with Gasteiger partial charge in [0.1, 0.15) is 11.9 Å². The Morgan fingerprint density at radius 2 is 1.67 bits per heavy atom. The molecule has 0 bridgehead atoms. The molecule has 3 rings (SSSR count). The molecule has 2 N–H and O–H groups in total. The van der Waals surface area contributed by atoms with Crippen molar-refractivity contribution in [2.75, 3.05) is 0 Å². The van der Waals surface area contributed by atoms with E-state index >= 15 is 0 Å². The van der Waals surface area contributed by atoms with Gasteiger partial charge in [0, 0.05) is 18.0 Å². The van der Waals surface area contributed by atoms with E-state index in [4.69, 9.17) is 10.5 Å². The lowest BCUT2D eigenvalue weighted by Gasteiger charge is -2.31. The lowest BCUT2D eigenvalue weighted by Crippen LogP contribution is -2.24. The summed E-state index contributed by atoms with van der Waals surface area (Å²) in [7, 11) is 0. The first kappa shape index (κ1) is 11.3. The molecular weight excluding hydrogens is 222 g/mol. The van der Waals surface area contributed by atoms with Crippen LogP contribution in [0.4, 0.5) is 0 Å².